The first-order valence-corrected chi connectivity index (χ1v) is 5.68. The van der Waals surface area contributed by atoms with Crippen LogP contribution in [0.2, 0.25) is 5.02 Å². The molecule has 0 spiro atoms. The predicted octanol–water partition coefficient (Wildman–Crippen LogP) is 2.74. The van der Waals surface area contributed by atoms with Gasteiger partial charge in [-0.15, -0.1) is 0 Å². The lowest BCUT2D eigenvalue weighted by atomic mass is 9.86. The summed E-state index contributed by atoms with van der Waals surface area (Å²) in [7, 11) is 0. The van der Waals surface area contributed by atoms with Crippen molar-refractivity contribution in [3.63, 3.8) is 0 Å². The molecule has 0 aliphatic carbocycles. The molecule has 0 radical (unpaired) electrons. The van der Waals surface area contributed by atoms with E-state index in [9.17, 15) is 9.50 Å². The van der Waals surface area contributed by atoms with Gasteiger partial charge >= 0.3 is 0 Å². The molecule has 4 heteroatoms. The number of nitrogens with two attached hydrogens (primary N) is 1. The molecule has 2 nitrogen and oxygen atoms in total. The van der Waals surface area contributed by atoms with Crippen molar-refractivity contribution < 1.29 is 9.50 Å². The summed E-state index contributed by atoms with van der Waals surface area (Å²) in [6, 6.07) is 4.25. The van der Waals surface area contributed by atoms with Gasteiger partial charge in [0, 0.05) is 5.92 Å². The van der Waals surface area contributed by atoms with E-state index in [2.05, 4.69) is 0 Å². The van der Waals surface area contributed by atoms with E-state index >= 15 is 0 Å². The molecule has 0 heterocycles. The van der Waals surface area contributed by atoms with Gasteiger partial charge in [0.1, 0.15) is 5.82 Å². The Kier molecular flexibility index (Phi) is 4.71. The SMILES string of the molecule is CC(C)C(CN)C(O)c1ccc(F)c(Cl)c1. The van der Waals surface area contributed by atoms with Crippen LogP contribution in [-0.4, -0.2) is 11.7 Å². The minimum Gasteiger partial charge on any atom is -0.388 e. The van der Waals surface area contributed by atoms with E-state index in [1.54, 1.807) is 0 Å². The fourth-order valence-electron chi connectivity index (χ4n) is 1.71. The van der Waals surface area contributed by atoms with Gasteiger partial charge in [0.05, 0.1) is 11.1 Å². The number of hydrogen-bond acceptors (Lipinski definition) is 2. The summed E-state index contributed by atoms with van der Waals surface area (Å²) in [4.78, 5) is 0. The molecule has 3 N–H and O–H groups in total. The average Bonchev–Trinajstić information content (AvgIpc) is 2.22. The Morgan fingerprint density at radius 1 is 1.44 bits per heavy atom. The Morgan fingerprint density at radius 2 is 2.06 bits per heavy atom. The van der Waals surface area contributed by atoms with Crippen molar-refractivity contribution in [1.29, 1.82) is 0 Å². The lowest BCUT2D eigenvalue weighted by Gasteiger charge is -2.25. The number of aliphatic hydroxyl groups excluding tert-OH is 1. The summed E-state index contributed by atoms with van der Waals surface area (Å²) in [5.74, 6) is -0.281. The molecule has 0 aliphatic heterocycles. The predicted molar refractivity (Wildman–Crippen MR) is 63.8 cm³/mol. The molecule has 0 saturated heterocycles. The number of benzene rings is 1. The van der Waals surface area contributed by atoms with Crippen LogP contribution in [0.15, 0.2) is 18.2 Å². The first kappa shape index (κ1) is 13.4. The van der Waals surface area contributed by atoms with Crippen molar-refractivity contribution in [2.45, 2.75) is 20.0 Å². The van der Waals surface area contributed by atoms with Crippen LogP contribution in [0.25, 0.3) is 0 Å². The first-order valence-electron chi connectivity index (χ1n) is 5.30. The first-order chi connectivity index (χ1) is 7.47. The van der Waals surface area contributed by atoms with Gasteiger partial charge in [-0.1, -0.05) is 31.5 Å². The van der Waals surface area contributed by atoms with Gasteiger partial charge < -0.3 is 10.8 Å². The zero-order chi connectivity index (χ0) is 12.3. The third-order valence-electron chi connectivity index (χ3n) is 2.82. The monoisotopic (exact) mass is 245 g/mol. The fraction of sp³-hybridized carbons (Fsp3) is 0.500. The third-order valence-corrected chi connectivity index (χ3v) is 3.11. The second-order valence-electron chi connectivity index (χ2n) is 4.26. The fourth-order valence-corrected chi connectivity index (χ4v) is 1.90. The van der Waals surface area contributed by atoms with Crippen LogP contribution < -0.4 is 5.73 Å². The van der Waals surface area contributed by atoms with Crippen molar-refractivity contribution in [3.05, 3.63) is 34.6 Å². The highest BCUT2D eigenvalue weighted by atomic mass is 35.5. The lowest BCUT2D eigenvalue weighted by molar-refractivity contribution is 0.0860. The molecule has 0 aromatic heterocycles. The zero-order valence-corrected chi connectivity index (χ0v) is 10.2. The minimum absolute atomic E-state index is 0.0241. The zero-order valence-electron chi connectivity index (χ0n) is 9.45. The molecule has 1 aromatic rings. The van der Waals surface area contributed by atoms with E-state index < -0.39 is 11.9 Å². The standard InChI is InChI=1S/C12H17ClFNO/c1-7(2)9(6-15)12(16)8-3-4-11(14)10(13)5-8/h3-5,7,9,12,16H,6,15H2,1-2H3. The van der Waals surface area contributed by atoms with Gasteiger partial charge in [-0.2, -0.15) is 0 Å². The van der Waals surface area contributed by atoms with Crippen molar-refractivity contribution in [3.8, 4) is 0 Å². The average molecular weight is 246 g/mol. The maximum atomic E-state index is 13.0. The molecule has 0 saturated carbocycles. The Balaban J connectivity index is 2.94. The minimum atomic E-state index is -0.705. The Bertz CT molecular complexity index is 357. The largest absolute Gasteiger partial charge is 0.388 e. The highest BCUT2D eigenvalue weighted by Gasteiger charge is 2.23. The molecule has 2 unspecified atom stereocenters. The normalized spacial score (nSPS) is 15.2. The van der Waals surface area contributed by atoms with Crippen LogP contribution >= 0.6 is 11.6 Å². The van der Waals surface area contributed by atoms with Crippen LogP contribution in [-0.2, 0) is 0 Å². The second-order valence-corrected chi connectivity index (χ2v) is 4.67. The van der Waals surface area contributed by atoms with Crippen molar-refractivity contribution >= 4 is 11.6 Å². The molecular weight excluding hydrogens is 229 g/mol. The van der Waals surface area contributed by atoms with Crippen LogP contribution in [0.1, 0.15) is 25.5 Å². The van der Waals surface area contributed by atoms with Crippen molar-refractivity contribution in [2.24, 2.45) is 17.6 Å². The molecule has 0 fully saturated rings. The molecular formula is C12H17ClFNO. The molecule has 0 amide bonds. The van der Waals surface area contributed by atoms with E-state index in [-0.39, 0.29) is 16.9 Å². The van der Waals surface area contributed by atoms with Crippen LogP contribution in [0, 0.1) is 17.7 Å². The van der Waals surface area contributed by atoms with Gasteiger partial charge in [0.2, 0.25) is 0 Å². The smallest absolute Gasteiger partial charge is 0.141 e. The summed E-state index contributed by atoms with van der Waals surface area (Å²) in [5.41, 5.74) is 6.22. The topological polar surface area (TPSA) is 46.2 Å². The van der Waals surface area contributed by atoms with Crippen LogP contribution in [0.3, 0.4) is 0 Å². The summed E-state index contributed by atoms with van der Waals surface area (Å²) in [6.45, 7) is 4.37. The molecule has 0 aliphatic rings. The molecule has 2 atom stereocenters. The van der Waals surface area contributed by atoms with E-state index in [4.69, 9.17) is 17.3 Å². The Labute approximate surface area is 100 Å². The third kappa shape index (κ3) is 2.94. The lowest BCUT2D eigenvalue weighted by Crippen LogP contribution is -2.26. The second kappa shape index (κ2) is 5.62. The number of hydrogen-bond donors (Lipinski definition) is 2. The van der Waals surface area contributed by atoms with Gasteiger partial charge in [-0.05, 0) is 30.2 Å². The summed E-state index contributed by atoms with van der Waals surface area (Å²) in [6.07, 6.45) is -0.705. The summed E-state index contributed by atoms with van der Waals surface area (Å²) >= 11 is 5.67. The Hall–Kier alpha value is -0.640. The van der Waals surface area contributed by atoms with Crippen molar-refractivity contribution in [2.75, 3.05) is 6.54 Å². The summed E-state index contributed by atoms with van der Waals surface area (Å²) in [5, 5.41) is 10.1. The quantitative estimate of drug-likeness (QED) is 0.857. The van der Waals surface area contributed by atoms with Gasteiger partial charge in [0.25, 0.3) is 0 Å². The highest BCUT2D eigenvalue weighted by molar-refractivity contribution is 6.30. The molecule has 16 heavy (non-hydrogen) atoms. The summed E-state index contributed by atoms with van der Waals surface area (Å²) < 4.78 is 13.0. The molecule has 1 rings (SSSR count). The molecule has 0 bridgehead atoms. The Morgan fingerprint density at radius 3 is 2.50 bits per heavy atom. The number of aliphatic hydroxyl groups is 1. The molecule has 90 valence electrons. The van der Waals surface area contributed by atoms with Gasteiger partial charge in [0.15, 0.2) is 0 Å². The molecule has 1 aromatic carbocycles. The van der Waals surface area contributed by atoms with Crippen LogP contribution in [0.4, 0.5) is 4.39 Å². The van der Waals surface area contributed by atoms with Gasteiger partial charge in [-0.25, -0.2) is 4.39 Å². The highest BCUT2D eigenvalue weighted by Crippen LogP contribution is 2.29. The van der Waals surface area contributed by atoms with E-state index in [1.165, 1.54) is 18.2 Å². The maximum absolute atomic E-state index is 13.0. The van der Waals surface area contributed by atoms with Crippen LogP contribution in [0.5, 0.6) is 0 Å². The number of halogens is 2. The van der Waals surface area contributed by atoms with E-state index in [0.717, 1.165) is 0 Å². The van der Waals surface area contributed by atoms with Crippen molar-refractivity contribution in [1.82, 2.24) is 0 Å². The van der Waals surface area contributed by atoms with E-state index in [0.29, 0.717) is 12.1 Å². The van der Waals surface area contributed by atoms with E-state index in [1.807, 2.05) is 13.8 Å². The van der Waals surface area contributed by atoms with Gasteiger partial charge in [-0.3, -0.25) is 0 Å². The number of rotatable bonds is 4. The maximum Gasteiger partial charge on any atom is 0.141 e.